The van der Waals surface area contributed by atoms with Crippen LogP contribution in [0.5, 0.6) is 5.75 Å². The second kappa shape index (κ2) is 9.53. The number of anilines is 2. The van der Waals surface area contributed by atoms with Crippen molar-refractivity contribution in [1.29, 1.82) is 5.41 Å². The van der Waals surface area contributed by atoms with Crippen molar-refractivity contribution in [3.05, 3.63) is 94.0 Å². The zero-order valence-electron chi connectivity index (χ0n) is 16.9. The third-order valence-electron chi connectivity index (χ3n) is 4.58. The molecule has 0 aromatic heterocycles. The number of nitro benzene ring substituents is 1. The van der Waals surface area contributed by atoms with E-state index in [-0.39, 0.29) is 17.7 Å². The van der Waals surface area contributed by atoms with Crippen molar-refractivity contribution in [3.63, 3.8) is 0 Å². The molecular formula is C23H22N4O4. The van der Waals surface area contributed by atoms with Gasteiger partial charge in [0.05, 0.1) is 16.3 Å². The zero-order chi connectivity index (χ0) is 22.4. The SMILES string of the molecule is C[C@@H](CC(=N)c1ccc(C(=O)Nc2ccccc2N)cc1)Oc1ccc([N+](=O)[O-])cc1. The van der Waals surface area contributed by atoms with Crippen LogP contribution in [0.25, 0.3) is 0 Å². The standard InChI is InChI=1S/C23H22N4O4/c1-15(31-19-12-10-18(11-13-19)27(29)30)14-21(25)16-6-8-17(9-7-16)23(28)26-22-5-3-2-4-20(22)24/h2-13,15,25H,14,24H2,1H3,(H,26,28)/t15-/m0/s1. The fourth-order valence-corrected chi connectivity index (χ4v) is 2.95. The number of nitrogens with two attached hydrogens (primary N) is 1. The Bertz CT molecular complexity index is 1100. The lowest BCUT2D eigenvalue weighted by molar-refractivity contribution is -0.384. The summed E-state index contributed by atoms with van der Waals surface area (Å²) in [6.45, 7) is 1.82. The summed E-state index contributed by atoms with van der Waals surface area (Å²) in [5, 5.41) is 21.8. The average molecular weight is 418 g/mol. The van der Waals surface area contributed by atoms with Crippen LogP contribution in [0.3, 0.4) is 0 Å². The van der Waals surface area contributed by atoms with Gasteiger partial charge in [-0.15, -0.1) is 0 Å². The maximum absolute atomic E-state index is 12.4. The number of rotatable bonds is 8. The van der Waals surface area contributed by atoms with Crippen LogP contribution in [0, 0.1) is 15.5 Å². The molecule has 0 aliphatic carbocycles. The number of hydrogen-bond acceptors (Lipinski definition) is 6. The van der Waals surface area contributed by atoms with Crippen LogP contribution in [0.15, 0.2) is 72.8 Å². The van der Waals surface area contributed by atoms with Gasteiger partial charge in [-0.3, -0.25) is 14.9 Å². The molecule has 4 N–H and O–H groups in total. The number of nitro groups is 1. The predicted octanol–water partition coefficient (Wildman–Crippen LogP) is 4.65. The van der Waals surface area contributed by atoms with Crippen LogP contribution in [-0.4, -0.2) is 22.6 Å². The van der Waals surface area contributed by atoms with Gasteiger partial charge in [0.1, 0.15) is 11.9 Å². The summed E-state index contributed by atoms with van der Waals surface area (Å²) in [4.78, 5) is 22.7. The Kier molecular flexibility index (Phi) is 6.61. The Morgan fingerprint density at radius 1 is 1.06 bits per heavy atom. The lowest BCUT2D eigenvalue weighted by Gasteiger charge is -2.15. The van der Waals surface area contributed by atoms with Crippen LogP contribution in [0.4, 0.5) is 17.1 Å². The molecule has 158 valence electrons. The van der Waals surface area contributed by atoms with Crippen molar-refractivity contribution in [2.24, 2.45) is 0 Å². The fourth-order valence-electron chi connectivity index (χ4n) is 2.95. The van der Waals surface area contributed by atoms with Crippen molar-refractivity contribution in [2.45, 2.75) is 19.4 Å². The van der Waals surface area contributed by atoms with E-state index in [2.05, 4.69) is 5.32 Å². The number of ether oxygens (including phenoxy) is 1. The van der Waals surface area contributed by atoms with Crippen LogP contribution in [0.1, 0.15) is 29.3 Å². The van der Waals surface area contributed by atoms with Gasteiger partial charge in [0, 0.05) is 29.8 Å². The first-order chi connectivity index (χ1) is 14.8. The van der Waals surface area contributed by atoms with E-state index in [0.717, 1.165) is 0 Å². The molecule has 3 aromatic rings. The van der Waals surface area contributed by atoms with E-state index in [1.807, 2.05) is 6.92 Å². The number of para-hydroxylation sites is 2. The molecule has 3 rings (SSSR count). The van der Waals surface area contributed by atoms with Crippen molar-refractivity contribution in [3.8, 4) is 5.75 Å². The summed E-state index contributed by atoms with van der Waals surface area (Å²) >= 11 is 0. The highest BCUT2D eigenvalue weighted by molar-refractivity contribution is 6.06. The van der Waals surface area contributed by atoms with Gasteiger partial charge < -0.3 is 21.2 Å². The minimum absolute atomic E-state index is 0.00757. The van der Waals surface area contributed by atoms with Crippen LogP contribution >= 0.6 is 0 Å². The van der Waals surface area contributed by atoms with Gasteiger partial charge >= 0.3 is 0 Å². The monoisotopic (exact) mass is 418 g/mol. The highest BCUT2D eigenvalue weighted by Gasteiger charge is 2.13. The molecule has 0 aliphatic heterocycles. The van der Waals surface area contributed by atoms with Gasteiger partial charge in [-0.2, -0.15) is 0 Å². The van der Waals surface area contributed by atoms with Gasteiger partial charge in [0.2, 0.25) is 0 Å². The molecular weight excluding hydrogens is 396 g/mol. The molecule has 8 nitrogen and oxygen atoms in total. The van der Waals surface area contributed by atoms with E-state index in [1.54, 1.807) is 48.5 Å². The third kappa shape index (κ3) is 5.66. The topological polar surface area (TPSA) is 131 Å². The summed E-state index contributed by atoms with van der Waals surface area (Å²) in [6.07, 6.45) is 0.0290. The maximum Gasteiger partial charge on any atom is 0.269 e. The van der Waals surface area contributed by atoms with E-state index >= 15 is 0 Å². The summed E-state index contributed by atoms with van der Waals surface area (Å²) in [6, 6.07) is 19.6. The summed E-state index contributed by atoms with van der Waals surface area (Å²) < 4.78 is 5.74. The lowest BCUT2D eigenvalue weighted by atomic mass is 10.0. The highest BCUT2D eigenvalue weighted by Crippen LogP contribution is 2.20. The van der Waals surface area contributed by atoms with E-state index in [1.165, 1.54) is 24.3 Å². The molecule has 0 bridgehead atoms. The zero-order valence-corrected chi connectivity index (χ0v) is 16.9. The molecule has 0 spiro atoms. The maximum atomic E-state index is 12.4. The van der Waals surface area contributed by atoms with Crippen molar-refractivity contribution < 1.29 is 14.5 Å². The Morgan fingerprint density at radius 3 is 2.29 bits per heavy atom. The van der Waals surface area contributed by atoms with E-state index in [4.69, 9.17) is 15.9 Å². The largest absolute Gasteiger partial charge is 0.490 e. The van der Waals surface area contributed by atoms with Gasteiger partial charge in [-0.25, -0.2) is 0 Å². The molecule has 3 aromatic carbocycles. The molecule has 0 fully saturated rings. The van der Waals surface area contributed by atoms with Gasteiger partial charge in [-0.05, 0) is 48.9 Å². The molecule has 0 unspecified atom stereocenters. The Morgan fingerprint density at radius 2 is 1.68 bits per heavy atom. The number of nitrogens with one attached hydrogen (secondary N) is 2. The minimum atomic E-state index is -0.471. The molecule has 8 heteroatoms. The molecule has 0 heterocycles. The first-order valence-electron chi connectivity index (χ1n) is 9.58. The first-order valence-corrected chi connectivity index (χ1v) is 9.58. The van der Waals surface area contributed by atoms with Gasteiger partial charge in [0.25, 0.3) is 11.6 Å². The number of benzene rings is 3. The third-order valence-corrected chi connectivity index (χ3v) is 4.58. The Labute approximate surface area is 179 Å². The molecule has 1 atom stereocenters. The minimum Gasteiger partial charge on any atom is -0.490 e. The van der Waals surface area contributed by atoms with Crippen molar-refractivity contribution in [1.82, 2.24) is 0 Å². The molecule has 0 aliphatic rings. The fraction of sp³-hybridized carbons (Fsp3) is 0.130. The second-order valence-corrected chi connectivity index (χ2v) is 6.98. The van der Waals surface area contributed by atoms with Gasteiger partial charge in [0.15, 0.2) is 0 Å². The molecule has 0 radical (unpaired) electrons. The van der Waals surface area contributed by atoms with E-state index < -0.39 is 4.92 Å². The number of carbonyl (C=O) groups is 1. The number of nitrogens with zero attached hydrogens (tertiary/aromatic N) is 1. The quantitative estimate of drug-likeness (QED) is 0.212. The van der Waals surface area contributed by atoms with E-state index in [9.17, 15) is 14.9 Å². The smallest absolute Gasteiger partial charge is 0.269 e. The first kappa shape index (κ1) is 21.5. The molecule has 1 amide bonds. The Hall–Kier alpha value is -4.20. The summed E-state index contributed by atoms with van der Waals surface area (Å²) in [5.74, 6) is 0.212. The number of amides is 1. The number of carbonyl (C=O) groups excluding carboxylic acids is 1. The predicted molar refractivity (Wildman–Crippen MR) is 120 cm³/mol. The summed E-state index contributed by atoms with van der Waals surface area (Å²) in [5.41, 5.74) is 8.35. The van der Waals surface area contributed by atoms with Crippen molar-refractivity contribution >= 4 is 28.7 Å². The van der Waals surface area contributed by atoms with Crippen molar-refractivity contribution in [2.75, 3.05) is 11.1 Å². The number of non-ortho nitro benzene ring substituents is 1. The van der Waals surface area contributed by atoms with Crippen LogP contribution < -0.4 is 15.8 Å². The van der Waals surface area contributed by atoms with Crippen LogP contribution in [-0.2, 0) is 0 Å². The number of hydrogen-bond donors (Lipinski definition) is 3. The highest BCUT2D eigenvalue weighted by atomic mass is 16.6. The van der Waals surface area contributed by atoms with E-state index in [0.29, 0.717) is 40.4 Å². The Balaban J connectivity index is 1.57. The lowest BCUT2D eigenvalue weighted by Crippen LogP contribution is -2.17. The molecule has 31 heavy (non-hydrogen) atoms. The normalized spacial score (nSPS) is 11.4. The number of nitrogen functional groups attached to an aromatic ring is 1. The van der Waals surface area contributed by atoms with Gasteiger partial charge in [-0.1, -0.05) is 24.3 Å². The second-order valence-electron chi connectivity index (χ2n) is 6.98. The average Bonchev–Trinajstić information content (AvgIpc) is 2.75. The molecule has 0 saturated carbocycles. The van der Waals surface area contributed by atoms with Crippen LogP contribution in [0.2, 0.25) is 0 Å². The molecule has 0 saturated heterocycles. The summed E-state index contributed by atoms with van der Waals surface area (Å²) in [7, 11) is 0.